The van der Waals surface area contributed by atoms with Crippen molar-refractivity contribution in [2.45, 2.75) is 45.6 Å². The van der Waals surface area contributed by atoms with Gasteiger partial charge in [-0.15, -0.1) is 5.73 Å². The average Bonchev–Trinajstić information content (AvgIpc) is 2.10. The van der Waals surface area contributed by atoms with Crippen LogP contribution >= 0.6 is 0 Å². The van der Waals surface area contributed by atoms with E-state index >= 15 is 0 Å². The number of primary amides is 1. The van der Waals surface area contributed by atoms with E-state index in [-0.39, 0.29) is 6.10 Å². The van der Waals surface area contributed by atoms with E-state index in [1.54, 1.807) is 13.0 Å². The summed E-state index contributed by atoms with van der Waals surface area (Å²) in [6.45, 7) is 3.92. The lowest BCUT2D eigenvalue weighted by Crippen LogP contribution is -2.18. The van der Waals surface area contributed by atoms with Crippen molar-refractivity contribution in [2.75, 3.05) is 0 Å². The Kier molecular flexibility index (Phi) is 7.67. The molecule has 1 atom stereocenters. The molecule has 3 nitrogen and oxygen atoms in total. The predicted molar refractivity (Wildman–Crippen MR) is 56.9 cm³/mol. The lowest BCUT2D eigenvalue weighted by atomic mass is 10.2. The summed E-state index contributed by atoms with van der Waals surface area (Å²) in [6, 6.07) is 0. The Balaban J connectivity index is 3.62. The molecule has 0 aromatic rings. The maximum Gasteiger partial charge on any atom is 0.405 e. The second-order valence-electron chi connectivity index (χ2n) is 3.18. The van der Waals surface area contributed by atoms with Crippen LogP contribution in [0.3, 0.4) is 0 Å². The molecule has 0 saturated heterocycles. The maximum absolute atomic E-state index is 10.3. The number of hydrogen-bond acceptors (Lipinski definition) is 2. The molecule has 0 heterocycles. The van der Waals surface area contributed by atoms with Crippen molar-refractivity contribution in [3.05, 3.63) is 17.9 Å². The third-order valence-electron chi connectivity index (χ3n) is 1.70. The van der Waals surface area contributed by atoms with Gasteiger partial charge in [-0.2, -0.15) is 0 Å². The van der Waals surface area contributed by atoms with Gasteiger partial charge >= 0.3 is 6.09 Å². The van der Waals surface area contributed by atoms with Crippen LogP contribution in [0.4, 0.5) is 4.79 Å². The molecule has 0 aliphatic rings. The van der Waals surface area contributed by atoms with Crippen LogP contribution < -0.4 is 5.73 Å². The van der Waals surface area contributed by atoms with E-state index in [1.807, 2.05) is 6.08 Å². The van der Waals surface area contributed by atoms with E-state index in [0.717, 1.165) is 6.42 Å². The Morgan fingerprint density at radius 1 is 1.57 bits per heavy atom. The first kappa shape index (κ1) is 12.8. The van der Waals surface area contributed by atoms with Crippen LogP contribution in [0.15, 0.2) is 17.9 Å². The summed E-state index contributed by atoms with van der Waals surface area (Å²) in [5.41, 5.74) is 7.81. The Hall–Kier alpha value is -1.21. The molecule has 3 heteroatoms. The molecule has 0 aromatic heterocycles. The van der Waals surface area contributed by atoms with Crippen LogP contribution in [-0.2, 0) is 4.74 Å². The third kappa shape index (κ3) is 8.88. The largest absolute Gasteiger partial charge is 0.442 e. The van der Waals surface area contributed by atoms with Crippen LogP contribution in [0.25, 0.3) is 0 Å². The molecular formula is C11H19NO2. The lowest BCUT2D eigenvalue weighted by Gasteiger charge is -2.03. The molecule has 0 saturated carbocycles. The quantitative estimate of drug-likeness (QED) is 0.525. The zero-order chi connectivity index (χ0) is 10.8. The SMILES string of the molecule is CCCCCC=C=CC(C)OC(N)=O. The van der Waals surface area contributed by atoms with Gasteiger partial charge in [0.1, 0.15) is 6.10 Å². The van der Waals surface area contributed by atoms with Crippen LogP contribution in [0.2, 0.25) is 0 Å². The number of nitrogens with two attached hydrogens (primary N) is 1. The minimum Gasteiger partial charge on any atom is -0.442 e. The highest BCUT2D eigenvalue weighted by Crippen LogP contribution is 1.99. The molecule has 0 radical (unpaired) electrons. The van der Waals surface area contributed by atoms with Gasteiger partial charge in [0, 0.05) is 0 Å². The number of amides is 1. The normalized spacial score (nSPS) is 11.3. The zero-order valence-electron chi connectivity index (χ0n) is 8.95. The summed E-state index contributed by atoms with van der Waals surface area (Å²) in [5, 5.41) is 0. The Morgan fingerprint density at radius 2 is 2.29 bits per heavy atom. The van der Waals surface area contributed by atoms with Gasteiger partial charge in [-0.05, 0) is 31.9 Å². The molecule has 2 N–H and O–H groups in total. The number of rotatable bonds is 6. The van der Waals surface area contributed by atoms with Gasteiger partial charge in [-0.3, -0.25) is 0 Å². The van der Waals surface area contributed by atoms with E-state index in [2.05, 4.69) is 17.4 Å². The van der Waals surface area contributed by atoms with E-state index in [1.165, 1.54) is 19.3 Å². The molecule has 0 bridgehead atoms. The summed E-state index contributed by atoms with van der Waals surface area (Å²) < 4.78 is 4.68. The zero-order valence-corrected chi connectivity index (χ0v) is 8.95. The number of ether oxygens (including phenoxy) is 1. The molecule has 0 fully saturated rings. The van der Waals surface area contributed by atoms with Crippen molar-refractivity contribution >= 4 is 6.09 Å². The number of carbonyl (C=O) groups excluding carboxylic acids is 1. The number of hydrogen-bond donors (Lipinski definition) is 1. The highest BCUT2D eigenvalue weighted by Gasteiger charge is 1.98. The lowest BCUT2D eigenvalue weighted by molar-refractivity contribution is 0.137. The summed E-state index contributed by atoms with van der Waals surface area (Å²) in [7, 11) is 0. The van der Waals surface area contributed by atoms with E-state index in [0.29, 0.717) is 0 Å². The molecule has 14 heavy (non-hydrogen) atoms. The topological polar surface area (TPSA) is 52.3 Å². The smallest absolute Gasteiger partial charge is 0.405 e. The molecule has 0 aromatic carbocycles. The highest BCUT2D eigenvalue weighted by molar-refractivity contribution is 5.64. The highest BCUT2D eigenvalue weighted by atomic mass is 16.6. The molecule has 0 rings (SSSR count). The predicted octanol–water partition coefficient (Wildman–Crippen LogP) is 2.76. The second kappa shape index (κ2) is 8.39. The molecule has 0 spiro atoms. The van der Waals surface area contributed by atoms with Gasteiger partial charge in [-0.25, -0.2) is 4.79 Å². The Morgan fingerprint density at radius 3 is 2.86 bits per heavy atom. The summed E-state index contributed by atoms with van der Waals surface area (Å²) in [5.74, 6) is 0. The van der Waals surface area contributed by atoms with E-state index < -0.39 is 6.09 Å². The first-order valence-corrected chi connectivity index (χ1v) is 5.04. The fraction of sp³-hybridized carbons (Fsp3) is 0.636. The standard InChI is InChI=1S/C11H19NO2/c1-3-4-5-6-7-8-9-10(2)14-11(12)13/h7,9-10H,3-6H2,1-2H3,(H2,12,13). The molecule has 0 aliphatic heterocycles. The number of carbonyl (C=O) groups is 1. The molecular weight excluding hydrogens is 178 g/mol. The van der Waals surface area contributed by atoms with E-state index in [4.69, 9.17) is 5.73 Å². The van der Waals surface area contributed by atoms with Crippen molar-refractivity contribution in [1.29, 1.82) is 0 Å². The summed E-state index contributed by atoms with van der Waals surface area (Å²) >= 11 is 0. The van der Waals surface area contributed by atoms with Crippen LogP contribution in [-0.4, -0.2) is 12.2 Å². The van der Waals surface area contributed by atoms with Crippen molar-refractivity contribution < 1.29 is 9.53 Å². The number of unbranched alkanes of at least 4 members (excludes halogenated alkanes) is 3. The first-order chi connectivity index (χ1) is 6.66. The fourth-order valence-corrected chi connectivity index (χ4v) is 1.00. The van der Waals surface area contributed by atoms with Gasteiger partial charge < -0.3 is 10.5 Å². The second-order valence-corrected chi connectivity index (χ2v) is 3.18. The average molecular weight is 197 g/mol. The third-order valence-corrected chi connectivity index (χ3v) is 1.70. The minimum absolute atomic E-state index is 0.296. The minimum atomic E-state index is -0.749. The van der Waals surface area contributed by atoms with Gasteiger partial charge in [-0.1, -0.05) is 19.8 Å². The molecule has 0 aliphatic carbocycles. The van der Waals surface area contributed by atoms with Crippen molar-refractivity contribution in [3.8, 4) is 0 Å². The fourth-order valence-electron chi connectivity index (χ4n) is 1.00. The van der Waals surface area contributed by atoms with Crippen LogP contribution in [0.5, 0.6) is 0 Å². The molecule has 1 amide bonds. The van der Waals surface area contributed by atoms with Crippen molar-refractivity contribution in [2.24, 2.45) is 5.73 Å². The van der Waals surface area contributed by atoms with Crippen LogP contribution in [0, 0.1) is 0 Å². The maximum atomic E-state index is 10.3. The Bertz CT molecular complexity index is 217. The van der Waals surface area contributed by atoms with Gasteiger partial charge in [0.15, 0.2) is 0 Å². The molecule has 1 unspecified atom stereocenters. The first-order valence-electron chi connectivity index (χ1n) is 5.04. The summed E-state index contributed by atoms with van der Waals surface area (Å²) in [4.78, 5) is 10.3. The van der Waals surface area contributed by atoms with Crippen molar-refractivity contribution in [1.82, 2.24) is 0 Å². The van der Waals surface area contributed by atoms with Crippen LogP contribution in [0.1, 0.15) is 39.5 Å². The van der Waals surface area contributed by atoms with Crippen molar-refractivity contribution in [3.63, 3.8) is 0 Å². The monoisotopic (exact) mass is 197 g/mol. The van der Waals surface area contributed by atoms with Gasteiger partial charge in [0.05, 0.1) is 0 Å². The van der Waals surface area contributed by atoms with Gasteiger partial charge in [0.25, 0.3) is 0 Å². The molecule has 80 valence electrons. The summed E-state index contributed by atoms with van der Waals surface area (Å²) in [6.07, 6.45) is 7.27. The Labute approximate surface area is 85.6 Å². The van der Waals surface area contributed by atoms with Gasteiger partial charge in [0.2, 0.25) is 0 Å². The van der Waals surface area contributed by atoms with E-state index in [9.17, 15) is 4.79 Å².